The van der Waals surface area contributed by atoms with Gasteiger partial charge >= 0.3 is 6.09 Å². The number of ether oxygens (including phenoxy) is 1. The van der Waals surface area contributed by atoms with E-state index in [1.165, 1.54) is 22.8 Å². The summed E-state index contributed by atoms with van der Waals surface area (Å²) in [5.74, 6) is 2.35. The molecule has 1 aromatic rings. The van der Waals surface area contributed by atoms with Gasteiger partial charge in [0.25, 0.3) is 0 Å². The van der Waals surface area contributed by atoms with Gasteiger partial charge in [0.15, 0.2) is 5.78 Å². The molecule has 8 atom stereocenters. The maximum Gasteiger partial charge on any atom is 0.407 e. The standard InChI is InChI=1S/C35H40FNO3.H2/c1-4-40-35(39)37-26-10-13-29-24(18-26)19-32-33(21(3)28-14-15-31(28)34(32)38)30(29)12-9-22-8-11-27(20(2)16-22)23-6-5-7-25(36)17-23;/h5-9,11-12,14-15,17,20-21,24,26,29-30,32-33H,4,10,13,16,18-19H2,1-3H3,(H,37,39);1H/b12-9+;/t20?,21-,24-,26-,29+,30+,32-,33+;/m1./s1. The maximum absolute atomic E-state index is 13.8. The highest BCUT2D eigenvalue weighted by Crippen LogP contribution is 2.57. The predicted octanol–water partition coefficient (Wildman–Crippen LogP) is 7.85. The first-order chi connectivity index (χ1) is 19.3. The topological polar surface area (TPSA) is 55.4 Å². The zero-order valence-corrected chi connectivity index (χ0v) is 23.7. The van der Waals surface area contributed by atoms with Crippen LogP contribution in [0.4, 0.5) is 9.18 Å². The van der Waals surface area contributed by atoms with E-state index < -0.39 is 0 Å². The number of hydrogen-bond donors (Lipinski definition) is 1. The van der Waals surface area contributed by atoms with Crippen LogP contribution in [0.1, 0.15) is 59.9 Å². The Hall–Kier alpha value is -3.21. The average molecular weight is 544 g/mol. The molecule has 2 saturated carbocycles. The number of carbonyl (C=O) groups is 2. The van der Waals surface area contributed by atoms with E-state index in [2.05, 4.69) is 49.5 Å². The first kappa shape index (κ1) is 27.0. The van der Waals surface area contributed by atoms with Gasteiger partial charge in [-0.25, -0.2) is 9.18 Å². The molecule has 5 aliphatic carbocycles. The first-order valence-electron chi connectivity index (χ1n) is 15.1. The van der Waals surface area contributed by atoms with Crippen molar-refractivity contribution in [2.24, 2.45) is 41.4 Å². The van der Waals surface area contributed by atoms with Gasteiger partial charge in [-0.1, -0.05) is 62.4 Å². The molecule has 1 amide bonds. The monoisotopic (exact) mass is 543 g/mol. The first-order valence-corrected chi connectivity index (χ1v) is 15.1. The number of ketones is 1. The number of fused-ring (bicyclic) bond motifs is 2. The minimum atomic E-state index is -0.336. The fourth-order valence-corrected chi connectivity index (χ4v) is 8.40. The lowest BCUT2D eigenvalue weighted by molar-refractivity contribution is -0.127. The van der Waals surface area contributed by atoms with Crippen LogP contribution in [-0.4, -0.2) is 24.5 Å². The summed E-state index contributed by atoms with van der Waals surface area (Å²) in [6.07, 6.45) is 17.6. The van der Waals surface area contributed by atoms with E-state index in [1.54, 1.807) is 12.1 Å². The molecular formula is C35H42FNO3. The Labute approximate surface area is 238 Å². The number of halogens is 1. The second-order valence-corrected chi connectivity index (χ2v) is 12.5. The van der Waals surface area contributed by atoms with E-state index >= 15 is 0 Å². The van der Waals surface area contributed by atoms with Crippen molar-refractivity contribution in [3.63, 3.8) is 0 Å². The van der Waals surface area contributed by atoms with Gasteiger partial charge in [0.1, 0.15) is 5.82 Å². The SMILES string of the molecule is CCOC(=O)N[C@@H]1CC[C@H]2[C@H](C1)C[C@H]1C(=O)C3=C(C=C3)[C@@H](C)[C@H]1[C@H]2/C=C/C1=CC=C(c2cccc(F)c2)C(C)C1.[HH]. The minimum absolute atomic E-state index is 0. The number of alkyl carbamates (subject to hydrolysis) is 1. The molecule has 212 valence electrons. The van der Waals surface area contributed by atoms with Crippen molar-refractivity contribution >= 4 is 17.4 Å². The third-order valence-electron chi connectivity index (χ3n) is 10.2. The summed E-state index contributed by atoms with van der Waals surface area (Å²) in [7, 11) is 0. The molecule has 5 heteroatoms. The van der Waals surface area contributed by atoms with Crippen LogP contribution in [0.2, 0.25) is 0 Å². The number of carbonyl (C=O) groups excluding carboxylic acids is 2. The summed E-state index contributed by atoms with van der Waals surface area (Å²) >= 11 is 0. The third kappa shape index (κ3) is 4.93. The quantitative estimate of drug-likeness (QED) is 0.412. The molecule has 0 heterocycles. The molecule has 0 saturated heterocycles. The van der Waals surface area contributed by atoms with Crippen molar-refractivity contribution < 1.29 is 20.1 Å². The number of amides is 1. The van der Waals surface area contributed by atoms with E-state index in [-0.39, 0.29) is 25.3 Å². The van der Waals surface area contributed by atoms with Gasteiger partial charge in [0, 0.05) is 19.0 Å². The molecule has 1 aromatic carbocycles. The Morgan fingerprint density at radius 2 is 2.02 bits per heavy atom. The van der Waals surface area contributed by atoms with Gasteiger partial charge in [-0.2, -0.15) is 0 Å². The van der Waals surface area contributed by atoms with Gasteiger partial charge in [-0.15, -0.1) is 0 Å². The van der Waals surface area contributed by atoms with Gasteiger partial charge in [0.05, 0.1) is 6.61 Å². The summed E-state index contributed by atoms with van der Waals surface area (Å²) in [4.78, 5) is 25.7. The van der Waals surface area contributed by atoms with E-state index in [0.29, 0.717) is 47.9 Å². The van der Waals surface area contributed by atoms with Crippen LogP contribution in [0.3, 0.4) is 0 Å². The van der Waals surface area contributed by atoms with Crippen molar-refractivity contribution in [2.75, 3.05) is 6.61 Å². The van der Waals surface area contributed by atoms with Crippen molar-refractivity contribution in [1.82, 2.24) is 5.32 Å². The van der Waals surface area contributed by atoms with Crippen LogP contribution in [0.25, 0.3) is 5.57 Å². The predicted molar refractivity (Wildman–Crippen MR) is 158 cm³/mol. The molecule has 6 rings (SSSR count). The van der Waals surface area contributed by atoms with E-state index in [1.807, 2.05) is 19.1 Å². The fourth-order valence-electron chi connectivity index (χ4n) is 8.40. The van der Waals surface area contributed by atoms with E-state index in [4.69, 9.17) is 4.74 Å². The summed E-state index contributed by atoms with van der Waals surface area (Å²) in [6, 6.07) is 6.96. The van der Waals surface area contributed by atoms with Crippen LogP contribution in [0.15, 0.2) is 77.4 Å². The number of Topliss-reactive ketones (excluding diaryl/α,β-unsaturated/α-hetero) is 1. The van der Waals surface area contributed by atoms with Crippen LogP contribution < -0.4 is 5.32 Å². The molecule has 1 unspecified atom stereocenters. The van der Waals surface area contributed by atoms with Crippen LogP contribution in [-0.2, 0) is 9.53 Å². The summed E-state index contributed by atoms with van der Waals surface area (Å²) in [5, 5.41) is 3.07. The Balaban J connectivity index is 0.00000337. The van der Waals surface area contributed by atoms with Gasteiger partial charge in [-0.3, -0.25) is 4.79 Å². The maximum atomic E-state index is 13.8. The number of allylic oxidation sites excluding steroid dienone is 10. The molecule has 2 fully saturated rings. The Morgan fingerprint density at radius 1 is 1.18 bits per heavy atom. The second-order valence-electron chi connectivity index (χ2n) is 12.5. The summed E-state index contributed by atoms with van der Waals surface area (Å²) in [6.45, 7) is 6.71. The molecular weight excluding hydrogens is 501 g/mol. The summed E-state index contributed by atoms with van der Waals surface area (Å²) < 4.78 is 19.0. The molecule has 0 radical (unpaired) electrons. The van der Waals surface area contributed by atoms with E-state index in [9.17, 15) is 14.0 Å². The number of hydrogen-bond acceptors (Lipinski definition) is 3. The number of nitrogens with one attached hydrogen (secondary N) is 1. The van der Waals surface area contributed by atoms with Crippen molar-refractivity contribution in [3.05, 3.63) is 88.8 Å². The highest BCUT2D eigenvalue weighted by Gasteiger charge is 2.53. The molecule has 1 N–H and O–H groups in total. The smallest absolute Gasteiger partial charge is 0.407 e. The molecule has 0 spiro atoms. The highest BCUT2D eigenvalue weighted by atomic mass is 19.1. The third-order valence-corrected chi connectivity index (χ3v) is 10.2. The zero-order valence-electron chi connectivity index (χ0n) is 23.7. The lowest BCUT2D eigenvalue weighted by Gasteiger charge is -2.54. The Morgan fingerprint density at radius 3 is 2.75 bits per heavy atom. The van der Waals surface area contributed by atoms with Crippen molar-refractivity contribution in [3.8, 4) is 0 Å². The fraction of sp³-hybridized carbons (Fsp3) is 0.486. The van der Waals surface area contributed by atoms with Crippen molar-refractivity contribution in [1.29, 1.82) is 0 Å². The number of benzene rings is 1. The molecule has 4 nitrogen and oxygen atoms in total. The van der Waals surface area contributed by atoms with Gasteiger partial charge < -0.3 is 10.1 Å². The summed E-state index contributed by atoms with van der Waals surface area (Å²) in [5.41, 5.74) is 5.59. The largest absolute Gasteiger partial charge is 0.450 e. The van der Waals surface area contributed by atoms with E-state index in [0.717, 1.165) is 43.2 Å². The van der Waals surface area contributed by atoms with Crippen LogP contribution in [0, 0.1) is 47.2 Å². The molecule has 40 heavy (non-hydrogen) atoms. The van der Waals surface area contributed by atoms with Crippen LogP contribution in [0.5, 0.6) is 0 Å². The molecule has 0 aromatic heterocycles. The lowest BCUT2D eigenvalue weighted by Crippen LogP contribution is -2.52. The lowest BCUT2D eigenvalue weighted by atomic mass is 9.50. The van der Waals surface area contributed by atoms with Crippen molar-refractivity contribution in [2.45, 2.75) is 58.9 Å². The normalized spacial score (nSPS) is 34.8. The molecule has 0 bridgehead atoms. The van der Waals surface area contributed by atoms with Gasteiger partial charge in [-0.05, 0) is 109 Å². The average Bonchev–Trinajstić information content (AvgIpc) is 2.90. The number of rotatable bonds is 5. The second kappa shape index (κ2) is 11.0. The molecule has 0 aliphatic heterocycles. The van der Waals surface area contributed by atoms with Crippen LogP contribution >= 0.6 is 0 Å². The highest BCUT2D eigenvalue weighted by molar-refractivity contribution is 6.04. The minimum Gasteiger partial charge on any atom is -0.450 e. The Bertz CT molecular complexity index is 1360. The zero-order chi connectivity index (χ0) is 28.0. The molecule has 5 aliphatic rings. The Kier molecular flexibility index (Phi) is 7.41. The van der Waals surface area contributed by atoms with Gasteiger partial charge in [0.2, 0.25) is 0 Å².